The summed E-state index contributed by atoms with van der Waals surface area (Å²) < 4.78 is 0. The molecule has 0 saturated carbocycles. The molecule has 4 N–H and O–H groups in total. The number of carbonyl (C=O) groups excluding carboxylic acids is 1. The number of benzene rings is 3. The molecular weight excluding hydrogens is 338 g/mol. The fourth-order valence-electron chi connectivity index (χ4n) is 3.11. The van der Waals surface area contributed by atoms with E-state index >= 15 is 0 Å². The Morgan fingerprint density at radius 2 is 1.67 bits per heavy atom. The molecule has 2 amide bonds. The molecular formula is C21H23N5O. The van der Waals surface area contributed by atoms with Crippen molar-refractivity contribution in [1.29, 1.82) is 0 Å². The predicted octanol–water partition coefficient (Wildman–Crippen LogP) is 5.71. The molecule has 3 aromatic carbocycles. The van der Waals surface area contributed by atoms with Crippen LogP contribution in [0.4, 0.5) is 27.5 Å². The van der Waals surface area contributed by atoms with Gasteiger partial charge in [0.05, 0.1) is 11.4 Å². The number of azo groups is 1. The molecule has 27 heavy (non-hydrogen) atoms. The number of hydrogen-bond acceptors (Lipinski definition) is 4. The van der Waals surface area contributed by atoms with Crippen LogP contribution >= 0.6 is 0 Å². The molecule has 0 bridgehead atoms. The standard InChI is InChI=1S/C21H23N5O/c1-12-7-13(2)17-11-19(14(3)9-15(17)8-12)26-25-18-6-5-16(23-4)10-20(18)24-21(22)27/h5-11,23H,1-4H3,(H3,22,24,27). The second kappa shape index (κ2) is 7.45. The van der Waals surface area contributed by atoms with Crippen LogP contribution in [0.5, 0.6) is 0 Å². The van der Waals surface area contributed by atoms with E-state index in [0.29, 0.717) is 11.4 Å². The molecule has 0 fully saturated rings. The van der Waals surface area contributed by atoms with E-state index in [1.165, 1.54) is 16.5 Å². The minimum Gasteiger partial charge on any atom is -0.388 e. The van der Waals surface area contributed by atoms with Gasteiger partial charge in [0.1, 0.15) is 5.69 Å². The molecule has 0 saturated heterocycles. The molecule has 0 spiro atoms. The number of urea groups is 1. The topological polar surface area (TPSA) is 91.9 Å². The average molecular weight is 361 g/mol. The summed E-state index contributed by atoms with van der Waals surface area (Å²) in [5.41, 5.74) is 11.4. The molecule has 0 radical (unpaired) electrons. The molecule has 0 aliphatic heterocycles. The van der Waals surface area contributed by atoms with Crippen molar-refractivity contribution in [2.45, 2.75) is 20.8 Å². The Kier molecular flexibility index (Phi) is 5.07. The van der Waals surface area contributed by atoms with Gasteiger partial charge in [0.2, 0.25) is 0 Å². The second-order valence-corrected chi connectivity index (χ2v) is 6.61. The van der Waals surface area contributed by atoms with Crippen LogP contribution in [0.1, 0.15) is 16.7 Å². The van der Waals surface area contributed by atoms with Gasteiger partial charge in [-0.1, -0.05) is 17.7 Å². The Hall–Kier alpha value is -3.41. The number of anilines is 2. The third kappa shape index (κ3) is 4.06. The highest BCUT2D eigenvalue weighted by Crippen LogP contribution is 2.33. The van der Waals surface area contributed by atoms with E-state index in [2.05, 4.69) is 52.9 Å². The zero-order chi connectivity index (χ0) is 19.6. The van der Waals surface area contributed by atoms with Crippen molar-refractivity contribution in [2.75, 3.05) is 17.7 Å². The molecule has 6 heteroatoms. The minimum absolute atomic E-state index is 0.503. The third-order valence-electron chi connectivity index (χ3n) is 4.43. The summed E-state index contributed by atoms with van der Waals surface area (Å²) in [5.74, 6) is 0. The Labute approximate surface area is 158 Å². The quantitative estimate of drug-likeness (QED) is 0.519. The summed E-state index contributed by atoms with van der Waals surface area (Å²) in [7, 11) is 1.80. The van der Waals surface area contributed by atoms with Gasteiger partial charge in [0.25, 0.3) is 0 Å². The Balaban J connectivity index is 2.03. The Morgan fingerprint density at radius 1 is 0.926 bits per heavy atom. The number of primary amides is 1. The number of nitrogens with zero attached hydrogens (tertiary/aromatic N) is 2. The smallest absolute Gasteiger partial charge is 0.316 e. The van der Waals surface area contributed by atoms with Gasteiger partial charge in [-0.2, -0.15) is 5.11 Å². The lowest BCUT2D eigenvalue weighted by atomic mass is 9.99. The van der Waals surface area contributed by atoms with Crippen LogP contribution < -0.4 is 16.4 Å². The fourth-order valence-corrected chi connectivity index (χ4v) is 3.11. The average Bonchev–Trinajstić information content (AvgIpc) is 2.60. The molecule has 3 aromatic rings. The van der Waals surface area contributed by atoms with E-state index in [-0.39, 0.29) is 0 Å². The number of fused-ring (bicyclic) bond motifs is 1. The van der Waals surface area contributed by atoms with Gasteiger partial charge >= 0.3 is 6.03 Å². The first-order valence-electron chi connectivity index (χ1n) is 8.69. The van der Waals surface area contributed by atoms with Crippen LogP contribution in [0.25, 0.3) is 10.8 Å². The van der Waals surface area contributed by atoms with Gasteiger partial charge < -0.3 is 16.4 Å². The molecule has 0 aliphatic rings. The van der Waals surface area contributed by atoms with Gasteiger partial charge in [-0.15, -0.1) is 5.11 Å². The number of carbonyl (C=O) groups is 1. The first-order chi connectivity index (χ1) is 12.9. The lowest BCUT2D eigenvalue weighted by Gasteiger charge is -2.09. The summed E-state index contributed by atoms with van der Waals surface area (Å²) >= 11 is 0. The van der Waals surface area contributed by atoms with Crippen molar-refractivity contribution in [1.82, 2.24) is 0 Å². The molecule has 0 aliphatic carbocycles. The zero-order valence-corrected chi connectivity index (χ0v) is 15.9. The van der Waals surface area contributed by atoms with Crippen LogP contribution in [0.15, 0.2) is 52.7 Å². The molecule has 0 aromatic heterocycles. The van der Waals surface area contributed by atoms with E-state index < -0.39 is 6.03 Å². The molecule has 0 atom stereocenters. The lowest BCUT2D eigenvalue weighted by molar-refractivity contribution is 0.259. The van der Waals surface area contributed by atoms with Crippen molar-refractivity contribution < 1.29 is 4.79 Å². The van der Waals surface area contributed by atoms with Crippen molar-refractivity contribution in [2.24, 2.45) is 16.0 Å². The van der Waals surface area contributed by atoms with Gasteiger partial charge in [-0.05, 0) is 73.0 Å². The van der Waals surface area contributed by atoms with E-state index in [4.69, 9.17) is 5.73 Å². The molecule has 0 heterocycles. The van der Waals surface area contributed by atoms with Gasteiger partial charge in [-0.3, -0.25) is 0 Å². The van der Waals surface area contributed by atoms with Crippen LogP contribution in [-0.4, -0.2) is 13.1 Å². The molecule has 6 nitrogen and oxygen atoms in total. The summed E-state index contributed by atoms with van der Waals surface area (Å²) in [5, 5.41) is 16.7. The van der Waals surface area contributed by atoms with Gasteiger partial charge in [0, 0.05) is 12.7 Å². The fraction of sp³-hybridized carbons (Fsp3) is 0.190. The van der Waals surface area contributed by atoms with Crippen LogP contribution in [0, 0.1) is 20.8 Å². The highest BCUT2D eigenvalue weighted by molar-refractivity contribution is 5.92. The summed E-state index contributed by atoms with van der Waals surface area (Å²) in [6, 6.07) is 13.3. The number of nitrogens with two attached hydrogens (primary N) is 1. The lowest BCUT2D eigenvalue weighted by Crippen LogP contribution is -2.19. The summed E-state index contributed by atoms with van der Waals surface area (Å²) in [4.78, 5) is 11.3. The minimum atomic E-state index is -0.646. The SMILES string of the molecule is CNc1ccc(N=Nc2cc3c(C)cc(C)cc3cc2C)c(NC(N)=O)c1. The van der Waals surface area contributed by atoms with Gasteiger partial charge in [-0.25, -0.2) is 4.79 Å². The van der Waals surface area contributed by atoms with Crippen LogP contribution in [0.2, 0.25) is 0 Å². The van der Waals surface area contributed by atoms with Gasteiger partial charge in [0.15, 0.2) is 0 Å². The number of amides is 2. The number of rotatable bonds is 4. The number of aryl methyl sites for hydroxylation is 3. The van der Waals surface area contributed by atoms with E-state index in [1.807, 2.05) is 19.1 Å². The summed E-state index contributed by atoms with van der Waals surface area (Å²) in [6.07, 6.45) is 0. The normalized spacial score (nSPS) is 11.1. The van der Waals surface area contributed by atoms with Crippen LogP contribution in [0.3, 0.4) is 0 Å². The van der Waals surface area contributed by atoms with E-state index in [1.54, 1.807) is 19.2 Å². The van der Waals surface area contributed by atoms with Crippen LogP contribution in [-0.2, 0) is 0 Å². The van der Waals surface area contributed by atoms with E-state index in [9.17, 15) is 4.79 Å². The first kappa shape index (κ1) is 18.4. The zero-order valence-electron chi connectivity index (χ0n) is 15.9. The number of hydrogen-bond donors (Lipinski definition) is 3. The highest BCUT2D eigenvalue weighted by Gasteiger charge is 2.07. The summed E-state index contributed by atoms with van der Waals surface area (Å²) in [6.45, 7) is 6.20. The second-order valence-electron chi connectivity index (χ2n) is 6.61. The molecule has 138 valence electrons. The maximum Gasteiger partial charge on any atom is 0.316 e. The Morgan fingerprint density at radius 3 is 2.37 bits per heavy atom. The number of nitrogens with one attached hydrogen (secondary N) is 2. The molecule has 3 rings (SSSR count). The van der Waals surface area contributed by atoms with E-state index in [0.717, 1.165) is 22.3 Å². The van der Waals surface area contributed by atoms with Crippen molar-refractivity contribution >= 4 is 39.6 Å². The largest absolute Gasteiger partial charge is 0.388 e. The monoisotopic (exact) mass is 361 g/mol. The van der Waals surface area contributed by atoms with Crippen molar-refractivity contribution in [3.8, 4) is 0 Å². The molecule has 0 unspecified atom stereocenters. The maximum absolute atomic E-state index is 11.3. The maximum atomic E-state index is 11.3. The van der Waals surface area contributed by atoms with Crippen molar-refractivity contribution in [3.63, 3.8) is 0 Å². The highest BCUT2D eigenvalue weighted by atomic mass is 16.2. The first-order valence-corrected chi connectivity index (χ1v) is 8.69. The Bertz CT molecular complexity index is 1060. The third-order valence-corrected chi connectivity index (χ3v) is 4.43. The predicted molar refractivity (Wildman–Crippen MR) is 112 cm³/mol. The van der Waals surface area contributed by atoms with Crippen molar-refractivity contribution in [3.05, 3.63) is 59.2 Å².